The quantitative estimate of drug-likeness (QED) is 0.0613. The molecule has 1 atom stereocenters. The zero-order valence-corrected chi connectivity index (χ0v) is 27.2. The number of benzene rings is 1. The van der Waals surface area contributed by atoms with E-state index < -0.39 is 10.1 Å². The summed E-state index contributed by atoms with van der Waals surface area (Å²) in [7, 11) is -1.56. The van der Waals surface area contributed by atoms with E-state index in [-0.39, 0.29) is 5.75 Å². The summed E-state index contributed by atoms with van der Waals surface area (Å²) in [6, 6.07) is 10.8. The second-order valence-corrected chi connectivity index (χ2v) is 14.0. The molecule has 1 aromatic rings. The van der Waals surface area contributed by atoms with Crippen molar-refractivity contribution in [2.75, 3.05) is 32.4 Å². The van der Waals surface area contributed by atoms with Crippen molar-refractivity contribution in [1.82, 2.24) is 0 Å². The molecule has 0 aliphatic heterocycles. The van der Waals surface area contributed by atoms with Gasteiger partial charge in [-0.1, -0.05) is 99.2 Å². The van der Waals surface area contributed by atoms with E-state index in [1.54, 1.807) is 0 Å². The minimum Gasteiger partial charge on any atom is -0.323 e. The van der Waals surface area contributed by atoms with Gasteiger partial charge in [0.15, 0.2) is 0 Å². The summed E-state index contributed by atoms with van der Waals surface area (Å²) in [4.78, 5) is 0. The van der Waals surface area contributed by atoms with Crippen molar-refractivity contribution in [2.45, 2.75) is 111 Å². The molecule has 228 valence electrons. The highest BCUT2D eigenvalue weighted by atomic mass is 32.2. The van der Waals surface area contributed by atoms with Gasteiger partial charge < -0.3 is 4.48 Å². The molecule has 4 nitrogen and oxygen atoms in total. The number of allylic oxidation sites excluding steroid dienone is 5. The molecule has 0 aliphatic rings. The summed E-state index contributed by atoms with van der Waals surface area (Å²) in [5.74, 6) is 0.470. The third-order valence-corrected chi connectivity index (χ3v) is 8.53. The van der Waals surface area contributed by atoms with Gasteiger partial charge in [-0.2, -0.15) is 8.42 Å². The summed E-state index contributed by atoms with van der Waals surface area (Å²) < 4.78 is 32.3. The van der Waals surface area contributed by atoms with Crippen molar-refractivity contribution in [1.29, 1.82) is 0 Å². The molecule has 0 saturated carbocycles. The van der Waals surface area contributed by atoms with Crippen molar-refractivity contribution in [2.24, 2.45) is 5.92 Å². The van der Waals surface area contributed by atoms with Gasteiger partial charge in [-0.25, -0.2) is 0 Å². The van der Waals surface area contributed by atoms with Gasteiger partial charge >= 0.3 is 0 Å². The topological polar surface area (TPSA) is 54.4 Å². The molecule has 0 heterocycles. The zero-order valence-electron chi connectivity index (χ0n) is 26.4. The van der Waals surface area contributed by atoms with Gasteiger partial charge in [0.2, 0.25) is 0 Å². The lowest BCUT2D eigenvalue weighted by Crippen LogP contribution is -2.45. The molecule has 1 N–H and O–H groups in total. The van der Waals surface area contributed by atoms with E-state index in [2.05, 4.69) is 89.4 Å². The molecule has 5 heteroatoms. The van der Waals surface area contributed by atoms with E-state index in [9.17, 15) is 8.42 Å². The molecule has 0 aromatic heterocycles. The lowest BCUT2D eigenvalue weighted by molar-refractivity contribution is -0.904. The summed E-state index contributed by atoms with van der Waals surface area (Å²) >= 11 is 0. The Morgan fingerprint density at radius 2 is 1.45 bits per heavy atom. The number of likely N-dealkylation sites (N-methyl/N-ethyl adjacent to an activating group) is 1. The highest BCUT2D eigenvalue weighted by Crippen LogP contribution is 2.16. The van der Waals surface area contributed by atoms with E-state index in [1.165, 1.54) is 68.1 Å². The lowest BCUT2D eigenvalue weighted by Gasteiger charge is -2.34. The molecular weight excluding hydrogens is 514 g/mol. The summed E-state index contributed by atoms with van der Waals surface area (Å²) in [6.07, 6.45) is 24.0. The Balaban J connectivity index is 2.43. The minimum atomic E-state index is -3.87. The minimum absolute atomic E-state index is 0.135. The van der Waals surface area contributed by atoms with Crippen LogP contribution in [0.1, 0.15) is 110 Å². The fourth-order valence-corrected chi connectivity index (χ4v) is 5.63. The molecule has 40 heavy (non-hydrogen) atoms. The largest absolute Gasteiger partial charge is 0.323 e. The maximum atomic E-state index is 11.1. The maximum absolute atomic E-state index is 11.1. The first kappa shape index (κ1) is 36.3. The predicted octanol–water partition coefficient (Wildman–Crippen LogP) is 9.35. The molecule has 0 spiro atoms. The van der Waals surface area contributed by atoms with Crippen LogP contribution in [-0.4, -0.2) is 49.9 Å². The summed E-state index contributed by atoms with van der Waals surface area (Å²) in [5.41, 5.74) is 4.31. The third-order valence-electron chi connectivity index (χ3n) is 7.73. The van der Waals surface area contributed by atoms with E-state index in [0.29, 0.717) is 12.3 Å². The number of hydrogen-bond donors (Lipinski definition) is 1. The standard InChI is InChI=1S/C35H59NO3S/c1-32(2)20-18-21-33(3)22-19-23-34(4)27-30-36(5,29-16-17-31-40(37,38)39)28-15-10-8-6-7-9-12-24-35-25-13-11-14-26-35/h11,13-14,18,20,22,25-27,32H,6-10,12,15-17,19,21,23-24,28-31H2,1-5H3/p+1/b20-18+,33-22+,34-27+. The Morgan fingerprint density at radius 1 is 0.850 bits per heavy atom. The lowest BCUT2D eigenvalue weighted by atomic mass is 10.0. The molecule has 1 rings (SSSR count). The third kappa shape index (κ3) is 21.1. The monoisotopic (exact) mass is 574 g/mol. The van der Waals surface area contributed by atoms with Gasteiger partial charge in [-0.3, -0.25) is 4.55 Å². The first-order chi connectivity index (χ1) is 19.0. The van der Waals surface area contributed by atoms with Crippen LogP contribution in [-0.2, 0) is 16.5 Å². The molecule has 0 radical (unpaired) electrons. The normalized spacial score (nSPS) is 14.8. The second kappa shape index (κ2) is 21.1. The van der Waals surface area contributed by atoms with Crippen LogP contribution in [0.5, 0.6) is 0 Å². The van der Waals surface area contributed by atoms with Gasteiger partial charge in [0, 0.05) is 0 Å². The van der Waals surface area contributed by atoms with E-state index in [0.717, 1.165) is 49.8 Å². The first-order valence-electron chi connectivity index (χ1n) is 15.8. The van der Waals surface area contributed by atoms with Crippen molar-refractivity contribution < 1.29 is 17.5 Å². The van der Waals surface area contributed by atoms with Crippen molar-refractivity contribution >= 4 is 10.1 Å². The molecule has 1 aromatic carbocycles. The number of unbranched alkanes of at least 4 members (excludes halogenated alkanes) is 7. The second-order valence-electron chi connectivity index (χ2n) is 12.5. The highest BCUT2D eigenvalue weighted by molar-refractivity contribution is 7.85. The Bertz CT molecular complexity index is 979. The fourth-order valence-electron chi connectivity index (χ4n) is 5.06. The smallest absolute Gasteiger partial charge is 0.264 e. The zero-order chi connectivity index (χ0) is 29.7. The average molecular weight is 575 g/mol. The van der Waals surface area contributed by atoms with E-state index in [1.807, 2.05) is 0 Å². The molecule has 0 fully saturated rings. The van der Waals surface area contributed by atoms with Crippen LogP contribution in [0.15, 0.2) is 65.8 Å². The number of quaternary nitrogens is 1. The van der Waals surface area contributed by atoms with Gasteiger partial charge in [0.1, 0.15) is 0 Å². The number of aryl methyl sites for hydroxylation is 1. The number of nitrogens with zero attached hydrogens (tertiary/aromatic N) is 1. The van der Waals surface area contributed by atoms with Crippen molar-refractivity contribution in [3.05, 3.63) is 71.3 Å². The van der Waals surface area contributed by atoms with Crippen LogP contribution in [0.3, 0.4) is 0 Å². The van der Waals surface area contributed by atoms with Gasteiger partial charge in [-0.05, 0) is 89.2 Å². The van der Waals surface area contributed by atoms with Crippen LogP contribution < -0.4 is 0 Å². The van der Waals surface area contributed by atoms with E-state index in [4.69, 9.17) is 4.55 Å². The molecule has 0 saturated heterocycles. The molecule has 0 aliphatic carbocycles. The van der Waals surface area contributed by atoms with Gasteiger partial charge in [0.05, 0.1) is 32.4 Å². The van der Waals surface area contributed by atoms with Crippen LogP contribution in [0, 0.1) is 5.92 Å². The maximum Gasteiger partial charge on any atom is 0.264 e. The molecule has 0 bridgehead atoms. The summed E-state index contributed by atoms with van der Waals surface area (Å²) in [6.45, 7) is 11.9. The van der Waals surface area contributed by atoms with Crippen LogP contribution >= 0.6 is 0 Å². The van der Waals surface area contributed by atoms with Gasteiger partial charge in [-0.15, -0.1) is 0 Å². The number of hydrogen-bond acceptors (Lipinski definition) is 2. The average Bonchev–Trinajstić information content (AvgIpc) is 2.89. The van der Waals surface area contributed by atoms with Crippen molar-refractivity contribution in [3.63, 3.8) is 0 Å². The van der Waals surface area contributed by atoms with Gasteiger partial charge in [0.25, 0.3) is 10.1 Å². The number of rotatable bonds is 23. The van der Waals surface area contributed by atoms with Crippen LogP contribution in [0.4, 0.5) is 0 Å². The molecule has 0 amide bonds. The van der Waals surface area contributed by atoms with Crippen molar-refractivity contribution in [3.8, 4) is 0 Å². The Labute approximate surface area is 248 Å². The predicted molar refractivity (Wildman–Crippen MR) is 174 cm³/mol. The Morgan fingerprint density at radius 3 is 2.08 bits per heavy atom. The highest BCUT2D eigenvalue weighted by Gasteiger charge is 2.20. The molecule has 1 unspecified atom stereocenters. The fraction of sp³-hybridized carbons (Fsp3) is 0.657. The Hall–Kier alpha value is -1.69. The van der Waals surface area contributed by atoms with Crippen LogP contribution in [0.25, 0.3) is 0 Å². The van der Waals surface area contributed by atoms with E-state index >= 15 is 0 Å². The summed E-state index contributed by atoms with van der Waals surface area (Å²) in [5, 5.41) is 0. The van der Waals surface area contributed by atoms with Crippen LogP contribution in [0.2, 0.25) is 0 Å². The Kier molecular flexibility index (Phi) is 19.1. The molecular formula is C35H60NO3S+. The SMILES string of the molecule is C/C(=C\CC/C(C)=C/C[N+](C)(CCCCCCCCCc1ccccc1)CCCCS(=O)(=O)O)C/C=C/C(C)C. The first-order valence-corrected chi connectivity index (χ1v) is 17.4.